The van der Waals surface area contributed by atoms with Crippen molar-refractivity contribution in [2.75, 3.05) is 33.7 Å². The lowest BCUT2D eigenvalue weighted by Crippen LogP contribution is -2.40. The molecule has 1 aliphatic rings. The molecule has 82 valence electrons. The predicted molar refractivity (Wildman–Crippen MR) is 64.6 cm³/mol. The molecule has 0 spiro atoms. The van der Waals surface area contributed by atoms with Crippen LogP contribution < -0.4 is 5.73 Å². The van der Waals surface area contributed by atoms with Gasteiger partial charge in [0.1, 0.15) is 0 Å². The van der Waals surface area contributed by atoms with E-state index in [1.165, 1.54) is 12.8 Å². The summed E-state index contributed by atoms with van der Waals surface area (Å²) in [5.74, 6) is 0. The Morgan fingerprint density at radius 1 is 1.57 bits per heavy atom. The SMILES string of the molecule is CN(C)CCCN1CCCC1C(N)=S. The van der Waals surface area contributed by atoms with Crippen LogP contribution in [0.15, 0.2) is 0 Å². The normalized spacial score (nSPS) is 23.2. The van der Waals surface area contributed by atoms with Crippen molar-refractivity contribution >= 4 is 17.2 Å². The van der Waals surface area contributed by atoms with Crippen LogP contribution in [0.4, 0.5) is 0 Å². The lowest BCUT2D eigenvalue weighted by molar-refractivity contribution is 0.277. The summed E-state index contributed by atoms with van der Waals surface area (Å²) in [5, 5.41) is 0. The molecule has 0 radical (unpaired) electrons. The highest BCUT2D eigenvalue weighted by atomic mass is 32.1. The zero-order chi connectivity index (χ0) is 10.6. The number of rotatable bonds is 5. The fourth-order valence-electron chi connectivity index (χ4n) is 2.01. The number of likely N-dealkylation sites (tertiary alicyclic amines) is 1. The minimum absolute atomic E-state index is 0.368. The molecule has 2 N–H and O–H groups in total. The highest BCUT2D eigenvalue weighted by molar-refractivity contribution is 7.80. The minimum atomic E-state index is 0.368. The Balaban J connectivity index is 2.26. The van der Waals surface area contributed by atoms with Crippen LogP contribution >= 0.6 is 12.2 Å². The third kappa shape index (κ3) is 3.52. The van der Waals surface area contributed by atoms with Crippen LogP contribution in [0.25, 0.3) is 0 Å². The first-order valence-corrected chi connectivity index (χ1v) is 5.70. The Morgan fingerprint density at radius 2 is 2.29 bits per heavy atom. The van der Waals surface area contributed by atoms with Crippen LogP contribution in [0.5, 0.6) is 0 Å². The van der Waals surface area contributed by atoms with Gasteiger partial charge in [-0.3, -0.25) is 4.90 Å². The molecule has 1 aliphatic heterocycles. The third-order valence-corrected chi connectivity index (χ3v) is 3.01. The zero-order valence-electron chi connectivity index (χ0n) is 9.20. The lowest BCUT2D eigenvalue weighted by Gasteiger charge is -2.23. The van der Waals surface area contributed by atoms with Crippen molar-refractivity contribution in [3.05, 3.63) is 0 Å². The molecule has 14 heavy (non-hydrogen) atoms. The fourth-order valence-corrected chi connectivity index (χ4v) is 2.27. The van der Waals surface area contributed by atoms with E-state index < -0.39 is 0 Å². The molecule has 1 atom stereocenters. The van der Waals surface area contributed by atoms with Crippen molar-refractivity contribution in [2.45, 2.75) is 25.3 Å². The van der Waals surface area contributed by atoms with E-state index in [4.69, 9.17) is 18.0 Å². The zero-order valence-corrected chi connectivity index (χ0v) is 10.0. The second kappa shape index (κ2) is 5.63. The van der Waals surface area contributed by atoms with E-state index in [9.17, 15) is 0 Å². The smallest absolute Gasteiger partial charge is 0.0902 e. The van der Waals surface area contributed by atoms with E-state index >= 15 is 0 Å². The Bertz CT molecular complexity index is 194. The quantitative estimate of drug-likeness (QED) is 0.684. The van der Waals surface area contributed by atoms with E-state index in [0.29, 0.717) is 11.0 Å². The maximum atomic E-state index is 5.70. The van der Waals surface area contributed by atoms with Crippen LogP contribution in [0.1, 0.15) is 19.3 Å². The van der Waals surface area contributed by atoms with Gasteiger partial charge in [-0.15, -0.1) is 0 Å². The molecule has 0 saturated carbocycles. The van der Waals surface area contributed by atoms with Crippen molar-refractivity contribution in [3.8, 4) is 0 Å². The minimum Gasteiger partial charge on any atom is -0.392 e. The van der Waals surface area contributed by atoms with Crippen LogP contribution in [-0.2, 0) is 0 Å². The average molecular weight is 215 g/mol. The molecule has 0 aromatic rings. The van der Waals surface area contributed by atoms with Crippen LogP contribution in [-0.4, -0.2) is 54.6 Å². The van der Waals surface area contributed by atoms with Gasteiger partial charge >= 0.3 is 0 Å². The number of nitrogens with two attached hydrogens (primary N) is 1. The predicted octanol–water partition coefficient (Wildman–Crippen LogP) is 0.689. The summed E-state index contributed by atoms with van der Waals surface area (Å²) in [4.78, 5) is 5.31. The highest BCUT2D eigenvalue weighted by Crippen LogP contribution is 2.17. The number of thiocarbonyl (C=S) groups is 1. The Kier molecular flexibility index (Phi) is 4.78. The van der Waals surface area contributed by atoms with Gasteiger partial charge in [0.15, 0.2) is 0 Å². The largest absolute Gasteiger partial charge is 0.392 e. The summed E-state index contributed by atoms with van der Waals surface area (Å²) in [5.41, 5.74) is 5.70. The van der Waals surface area contributed by atoms with E-state index in [1.807, 2.05) is 0 Å². The average Bonchev–Trinajstić information content (AvgIpc) is 2.51. The molecule has 0 bridgehead atoms. The van der Waals surface area contributed by atoms with Gasteiger partial charge < -0.3 is 10.6 Å². The molecular weight excluding hydrogens is 194 g/mol. The molecule has 0 amide bonds. The van der Waals surface area contributed by atoms with Gasteiger partial charge in [0.2, 0.25) is 0 Å². The maximum absolute atomic E-state index is 5.70. The fraction of sp³-hybridized carbons (Fsp3) is 0.900. The Morgan fingerprint density at radius 3 is 2.86 bits per heavy atom. The van der Waals surface area contributed by atoms with Gasteiger partial charge in [-0.25, -0.2) is 0 Å². The second-order valence-corrected chi connectivity index (χ2v) is 4.72. The summed E-state index contributed by atoms with van der Waals surface area (Å²) < 4.78 is 0. The van der Waals surface area contributed by atoms with Gasteiger partial charge in [0.25, 0.3) is 0 Å². The van der Waals surface area contributed by atoms with E-state index in [0.717, 1.165) is 26.1 Å². The van der Waals surface area contributed by atoms with Gasteiger partial charge in [0, 0.05) is 6.54 Å². The Hall–Kier alpha value is -0.190. The van der Waals surface area contributed by atoms with Crippen molar-refractivity contribution in [3.63, 3.8) is 0 Å². The Labute approximate surface area is 92.2 Å². The molecule has 1 rings (SSSR count). The van der Waals surface area contributed by atoms with Crippen LogP contribution in [0, 0.1) is 0 Å². The first-order valence-electron chi connectivity index (χ1n) is 5.29. The standard InChI is InChI=1S/C10H21N3S/c1-12(2)6-4-8-13-7-3-5-9(13)10(11)14/h9H,3-8H2,1-2H3,(H2,11,14). The molecule has 0 aromatic heterocycles. The molecule has 3 nitrogen and oxygen atoms in total. The van der Waals surface area contributed by atoms with Crippen molar-refractivity contribution in [1.29, 1.82) is 0 Å². The molecule has 1 fully saturated rings. The monoisotopic (exact) mass is 215 g/mol. The molecule has 1 saturated heterocycles. The first kappa shape index (κ1) is 11.9. The molecule has 0 aliphatic carbocycles. The van der Waals surface area contributed by atoms with Gasteiger partial charge in [-0.05, 0) is 46.4 Å². The lowest BCUT2D eigenvalue weighted by atomic mass is 10.2. The summed E-state index contributed by atoms with van der Waals surface area (Å²) in [6, 6.07) is 0.368. The van der Waals surface area contributed by atoms with E-state index in [1.54, 1.807) is 0 Å². The van der Waals surface area contributed by atoms with Crippen LogP contribution in [0.3, 0.4) is 0 Å². The molecule has 1 heterocycles. The second-order valence-electron chi connectivity index (χ2n) is 4.25. The first-order chi connectivity index (χ1) is 6.61. The molecule has 4 heteroatoms. The van der Waals surface area contributed by atoms with Gasteiger partial charge in [0.05, 0.1) is 11.0 Å². The van der Waals surface area contributed by atoms with Gasteiger partial charge in [-0.1, -0.05) is 12.2 Å². The number of nitrogens with zero attached hydrogens (tertiary/aromatic N) is 2. The molecule has 1 unspecified atom stereocenters. The topological polar surface area (TPSA) is 32.5 Å². The number of hydrogen-bond acceptors (Lipinski definition) is 3. The van der Waals surface area contributed by atoms with Crippen molar-refractivity contribution < 1.29 is 0 Å². The maximum Gasteiger partial charge on any atom is 0.0902 e. The summed E-state index contributed by atoms with van der Waals surface area (Å²) in [6.07, 6.45) is 3.59. The van der Waals surface area contributed by atoms with Crippen LogP contribution in [0.2, 0.25) is 0 Å². The third-order valence-electron chi connectivity index (χ3n) is 2.74. The van der Waals surface area contributed by atoms with Crippen molar-refractivity contribution in [1.82, 2.24) is 9.80 Å². The number of hydrogen-bond donors (Lipinski definition) is 1. The molecule has 0 aromatic carbocycles. The highest BCUT2D eigenvalue weighted by Gasteiger charge is 2.25. The van der Waals surface area contributed by atoms with E-state index in [-0.39, 0.29) is 0 Å². The molecular formula is C10H21N3S. The van der Waals surface area contributed by atoms with Crippen molar-refractivity contribution in [2.24, 2.45) is 5.73 Å². The van der Waals surface area contributed by atoms with E-state index in [2.05, 4.69) is 23.9 Å². The summed E-state index contributed by atoms with van der Waals surface area (Å²) in [6.45, 7) is 3.43. The summed E-state index contributed by atoms with van der Waals surface area (Å²) >= 11 is 5.06. The van der Waals surface area contributed by atoms with Gasteiger partial charge in [-0.2, -0.15) is 0 Å². The summed E-state index contributed by atoms with van der Waals surface area (Å²) in [7, 11) is 4.21.